The van der Waals surface area contributed by atoms with Gasteiger partial charge in [-0.1, -0.05) is 5.16 Å². The van der Waals surface area contributed by atoms with Crippen molar-refractivity contribution >= 4 is 0 Å². The van der Waals surface area contributed by atoms with Gasteiger partial charge >= 0.3 is 0 Å². The number of rotatable bonds is 6. The molecule has 0 radical (unpaired) electrons. The first-order chi connectivity index (χ1) is 12.5. The van der Waals surface area contributed by atoms with Crippen LogP contribution in [0.4, 0.5) is 8.78 Å². The number of methoxy groups -OCH3 is 1. The summed E-state index contributed by atoms with van der Waals surface area (Å²) in [4.78, 5) is 6.17. The summed E-state index contributed by atoms with van der Waals surface area (Å²) in [5, 5.41) is 3.97. The molecule has 3 aromatic rings. The fourth-order valence-corrected chi connectivity index (χ4v) is 2.60. The molecule has 1 heterocycles. The van der Waals surface area contributed by atoms with Crippen molar-refractivity contribution in [2.45, 2.75) is 19.5 Å². The lowest BCUT2D eigenvalue weighted by Gasteiger charge is -2.23. The van der Waals surface area contributed by atoms with E-state index in [2.05, 4.69) is 10.1 Å². The SMILES string of the molecule is COc1ccc(-c2noc(CN(C)C(C)c3cc(F)ccc3F)n2)cc1. The van der Waals surface area contributed by atoms with Crippen LogP contribution in [0.5, 0.6) is 5.75 Å². The predicted octanol–water partition coefficient (Wildman–Crippen LogP) is 4.22. The highest BCUT2D eigenvalue weighted by Crippen LogP contribution is 2.25. The fourth-order valence-electron chi connectivity index (χ4n) is 2.60. The summed E-state index contributed by atoms with van der Waals surface area (Å²) in [6, 6.07) is 10.4. The molecule has 2 aromatic carbocycles. The van der Waals surface area contributed by atoms with Gasteiger partial charge in [-0.15, -0.1) is 0 Å². The van der Waals surface area contributed by atoms with E-state index >= 15 is 0 Å². The van der Waals surface area contributed by atoms with Crippen LogP contribution in [0.15, 0.2) is 47.0 Å². The lowest BCUT2D eigenvalue weighted by Crippen LogP contribution is -2.23. The standard InChI is InChI=1S/C19H19F2N3O2/c1-12(16-10-14(20)6-9-17(16)21)24(2)11-18-22-19(23-26-18)13-4-7-15(25-3)8-5-13/h4-10,12H,11H2,1-3H3. The Morgan fingerprint density at radius 2 is 1.88 bits per heavy atom. The van der Waals surface area contributed by atoms with Gasteiger partial charge < -0.3 is 9.26 Å². The second-order valence-corrected chi connectivity index (χ2v) is 6.00. The summed E-state index contributed by atoms with van der Waals surface area (Å²) in [6.45, 7) is 2.10. The number of aromatic nitrogens is 2. The highest BCUT2D eigenvalue weighted by Gasteiger charge is 2.19. The first-order valence-electron chi connectivity index (χ1n) is 8.10. The molecular weight excluding hydrogens is 340 g/mol. The number of ether oxygens (including phenoxy) is 1. The second-order valence-electron chi connectivity index (χ2n) is 6.00. The fraction of sp³-hybridized carbons (Fsp3) is 0.263. The predicted molar refractivity (Wildman–Crippen MR) is 92.5 cm³/mol. The van der Waals surface area contributed by atoms with Crippen LogP contribution in [0.1, 0.15) is 24.4 Å². The number of hydrogen-bond acceptors (Lipinski definition) is 5. The molecule has 1 atom stereocenters. The molecule has 0 fully saturated rings. The summed E-state index contributed by atoms with van der Waals surface area (Å²) in [5.74, 6) is 0.669. The maximum absolute atomic E-state index is 14.0. The van der Waals surface area contributed by atoms with Crippen molar-refractivity contribution in [3.8, 4) is 17.1 Å². The van der Waals surface area contributed by atoms with Gasteiger partial charge in [0.15, 0.2) is 0 Å². The van der Waals surface area contributed by atoms with Crippen molar-refractivity contribution in [2.24, 2.45) is 0 Å². The van der Waals surface area contributed by atoms with Gasteiger partial charge in [-0.3, -0.25) is 4.90 Å². The van der Waals surface area contributed by atoms with E-state index in [0.717, 1.165) is 23.4 Å². The minimum Gasteiger partial charge on any atom is -0.497 e. The quantitative estimate of drug-likeness (QED) is 0.660. The zero-order valence-corrected chi connectivity index (χ0v) is 14.7. The van der Waals surface area contributed by atoms with Crippen molar-refractivity contribution < 1.29 is 18.0 Å². The summed E-state index contributed by atoms with van der Waals surface area (Å²) in [6.07, 6.45) is 0. The Morgan fingerprint density at radius 3 is 2.58 bits per heavy atom. The van der Waals surface area contributed by atoms with Crippen LogP contribution >= 0.6 is 0 Å². The van der Waals surface area contributed by atoms with Crippen molar-refractivity contribution in [1.29, 1.82) is 0 Å². The molecule has 0 saturated carbocycles. The highest BCUT2D eigenvalue weighted by molar-refractivity contribution is 5.55. The lowest BCUT2D eigenvalue weighted by atomic mass is 10.1. The molecule has 26 heavy (non-hydrogen) atoms. The van der Waals surface area contributed by atoms with E-state index in [0.29, 0.717) is 18.3 Å². The molecular formula is C19H19F2N3O2. The van der Waals surface area contributed by atoms with Crippen LogP contribution in [0.25, 0.3) is 11.4 Å². The van der Waals surface area contributed by atoms with E-state index in [4.69, 9.17) is 9.26 Å². The summed E-state index contributed by atoms with van der Waals surface area (Å²) < 4.78 is 37.8. The van der Waals surface area contributed by atoms with Gasteiger partial charge in [0.25, 0.3) is 0 Å². The van der Waals surface area contributed by atoms with Gasteiger partial charge in [-0.25, -0.2) is 8.78 Å². The number of nitrogens with zero attached hydrogens (tertiary/aromatic N) is 3. The van der Waals surface area contributed by atoms with Crippen LogP contribution < -0.4 is 4.74 Å². The van der Waals surface area contributed by atoms with Crippen molar-refractivity contribution in [3.63, 3.8) is 0 Å². The maximum Gasteiger partial charge on any atom is 0.241 e. The summed E-state index contributed by atoms with van der Waals surface area (Å²) in [7, 11) is 3.38. The molecule has 3 rings (SSSR count). The topological polar surface area (TPSA) is 51.4 Å². The van der Waals surface area contributed by atoms with Crippen LogP contribution in [0.2, 0.25) is 0 Å². The third kappa shape index (κ3) is 3.88. The van der Waals surface area contributed by atoms with E-state index in [1.807, 2.05) is 29.2 Å². The molecule has 136 valence electrons. The van der Waals surface area contributed by atoms with E-state index in [-0.39, 0.29) is 11.6 Å². The number of hydrogen-bond donors (Lipinski definition) is 0. The van der Waals surface area contributed by atoms with E-state index < -0.39 is 11.6 Å². The smallest absolute Gasteiger partial charge is 0.241 e. The van der Waals surface area contributed by atoms with Gasteiger partial charge in [0.2, 0.25) is 11.7 Å². The molecule has 7 heteroatoms. The molecule has 0 N–H and O–H groups in total. The van der Waals surface area contributed by atoms with Gasteiger partial charge in [0.05, 0.1) is 13.7 Å². The zero-order chi connectivity index (χ0) is 18.7. The van der Waals surface area contributed by atoms with Gasteiger partial charge in [0.1, 0.15) is 17.4 Å². The average Bonchev–Trinajstić information content (AvgIpc) is 3.11. The Bertz CT molecular complexity index is 881. The van der Waals surface area contributed by atoms with Crippen LogP contribution in [0.3, 0.4) is 0 Å². The summed E-state index contributed by atoms with van der Waals surface area (Å²) in [5.41, 5.74) is 1.08. The van der Waals surface area contributed by atoms with Crippen LogP contribution in [0, 0.1) is 11.6 Å². The Balaban J connectivity index is 1.72. The Labute approximate surface area is 150 Å². The molecule has 1 unspecified atom stereocenters. The third-order valence-corrected chi connectivity index (χ3v) is 4.27. The minimum atomic E-state index is -0.471. The van der Waals surface area contributed by atoms with Crippen LogP contribution in [-0.2, 0) is 6.54 Å². The van der Waals surface area contributed by atoms with Crippen LogP contribution in [-0.4, -0.2) is 29.2 Å². The molecule has 0 spiro atoms. The number of benzene rings is 2. The highest BCUT2D eigenvalue weighted by atomic mass is 19.1. The number of halogens is 2. The second kappa shape index (κ2) is 7.61. The molecule has 0 aliphatic rings. The zero-order valence-electron chi connectivity index (χ0n) is 14.7. The van der Waals surface area contributed by atoms with E-state index in [9.17, 15) is 8.78 Å². The van der Waals surface area contributed by atoms with Gasteiger partial charge in [-0.2, -0.15) is 4.98 Å². The molecule has 0 saturated heterocycles. The Morgan fingerprint density at radius 1 is 1.15 bits per heavy atom. The molecule has 0 aliphatic heterocycles. The average molecular weight is 359 g/mol. The molecule has 0 aliphatic carbocycles. The van der Waals surface area contributed by atoms with E-state index in [1.165, 1.54) is 6.07 Å². The van der Waals surface area contributed by atoms with Crippen molar-refractivity contribution in [1.82, 2.24) is 15.0 Å². The van der Waals surface area contributed by atoms with E-state index in [1.54, 1.807) is 21.1 Å². The largest absolute Gasteiger partial charge is 0.497 e. The van der Waals surface area contributed by atoms with Crippen molar-refractivity contribution in [2.75, 3.05) is 14.2 Å². The van der Waals surface area contributed by atoms with Gasteiger partial charge in [0, 0.05) is 17.2 Å². The third-order valence-electron chi connectivity index (χ3n) is 4.27. The van der Waals surface area contributed by atoms with Gasteiger partial charge in [-0.05, 0) is 56.4 Å². The first kappa shape index (κ1) is 18.0. The van der Waals surface area contributed by atoms with Crippen molar-refractivity contribution in [3.05, 3.63) is 65.6 Å². The molecule has 0 bridgehead atoms. The Kier molecular flexibility index (Phi) is 5.27. The molecule has 5 nitrogen and oxygen atoms in total. The molecule has 1 aromatic heterocycles. The first-order valence-corrected chi connectivity index (χ1v) is 8.10. The monoisotopic (exact) mass is 359 g/mol. The molecule has 0 amide bonds. The Hall–Kier alpha value is -2.80. The summed E-state index contributed by atoms with van der Waals surface area (Å²) >= 11 is 0. The normalized spacial score (nSPS) is 12.4. The minimum absolute atomic E-state index is 0.280. The lowest BCUT2D eigenvalue weighted by molar-refractivity contribution is 0.212. The maximum atomic E-state index is 14.0.